The monoisotopic (exact) mass is 153 g/mol. The van der Waals surface area contributed by atoms with E-state index in [0.717, 1.165) is 11.8 Å². The number of rotatable bonds is 0. The zero-order valence-corrected chi connectivity index (χ0v) is 8.33. The van der Waals surface area contributed by atoms with Crippen molar-refractivity contribution in [1.82, 2.24) is 4.90 Å². The SMILES string of the molecule is CO.[Al+3].[H-].[H-].[H-].[Li][C@@H]1CCCN1C. The summed E-state index contributed by atoms with van der Waals surface area (Å²) in [6, 6.07) is 0. The summed E-state index contributed by atoms with van der Waals surface area (Å²) >= 11 is 2.28. The summed E-state index contributed by atoms with van der Waals surface area (Å²) in [6.45, 7) is 1.31. The van der Waals surface area contributed by atoms with Gasteiger partial charge >= 0.3 is 71.1 Å². The van der Waals surface area contributed by atoms with Gasteiger partial charge in [0, 0.05) is 7.11 Å². The Labute approximate surface area is 87.8 Å². The predicted molar refractivity (Wildman–Crippen MR) is 48.6 cm³/mol. The topological polar surface area (TPSA) is 23.5 Å². The Balaban J connectivity index is -0.0000000335. The summed E-state index contributed by atoms with van der Waals surface area (Å²) in [6.07, 6.45) is 2.80. The standard InChI is InChI=1S/C5H10N.CH4O.Al.Li.3H/c1-6-4-2-3-5-6;1-2;;;;;/h4H,2-3,5H2,1H3;2H,1H3;;;;;/q;;+3;;3*-1. The van der Waals surface area contributed by atoms with Crippen molar-refractivity contribution in [3.8, 4) is 0 Å². The molecule has 1 atom stereocenters. The van der Waals surface area contributed by atoms with Crippen LogP contribution in [-0.4, -0.2) is 70.5 Å². The Hall–Kier alpha value is 1.05. The molecule has 0 unspecified atom stereocenters. The quantitative estimate of drug-likeness (QED) is 0.486. The first-order valence-electron chi connectivity index (χ1n) is 3.45. The Morgan fingerprint density at radius 3 is 2.20 bits per heavy atom. The molecule has 1 rings (SSSR count). The molecule has 0 spiro atoms. The van der Waals surface area contributed by atoms with Crippen LogP contribution in [0.1, 0.15) is 17.1 Å². The number of likely N-dealkylation sites (tertiary alicyclic amines) is 1. The summed E-state index contributed by atoms with van der Waals surface area (Å²) < 4.78 is 0.847. The molecule has 0 aromatic carbocycles. The first-order chi connectivity index (χ1) is 4.30. The molecule has 0 aromatic heterocycles. The number of nitrogens with zero attached hydrogens (tertiary/aromatic N) is 1. The van der Waals surface area contributed by atoms with E-state index in [0.29, 0.717) is 0 Å². The van der Waals surface area contributed by atoms with Crippen molar-refractivity contribution in [1.29, 1.82) is 0 Å². The Kier molecular flexibility index (Phi) is 11.1. The Morgan fingerprint density at radius 2 is 2.10 bits per heavy atom. The summed E-state index contributed by atoms with van der Waals surface area (Å²) in [4.78, 5) is 2.40. The van der Waals surface area contributed by atoms with Gasteiger partial charge in [0.25, 0.3) is 0 Å². The summed E-state index contributed by atoms with van der Waals surface area (Å²) in [5.41, 5.74) is 0. The van der Waals surface area contributed by atoms with E-state index in [1.54, 1.807) is 0 Å². The average molecular weight is 153 g/mol. The van der Waals surface area contributed by atoms with Crippen LogP contribution in [0, 0.1) is 0 Å². The van der Waals surface area contributed by atoms with Gasteiger partial charge in [-0.15, -0.1) is 0 Å². The van der Waals surface area contributed by atoms with Gasteiger partial charge in [-0.05, 0) is 0 Å². The number of aliphatic hydroxyl groups is 1. The molecule has 0 saturated carbocycles. The van der Waals surface area contributed by atoms with Gasteiger partial charge in [-0.1, -0.05) is 0 Å². The second kappa shape index (κ2) is 8.15. The minimum atomic E-state index is 0. The number of hydrogen-bond donors (Lipinski definition) is 1. The van der Waals surface area contributed by atoms with Crippen LogP contribution >= 0.6 is 0 Å². The van der Waals surface area contributed by atoms with Crippen molar-refractivity contribution < 1.29 is 9.39 Å². The normalized spacial score (nSPS) is 24.7. The molecule has 1 heterocycles. The molecular weight excluding hydrogens is 136 g/mol. The molecule has 2 nitrogen and oxygen atoms in total. The van der Waals surface area contributed by atoms with Crippen LogP contribution in [0.2, 0.25) is 0 Å². The van der Waals surface area contributed by atoms with E-state index in [1.807, 2.05) is 0 Å². The van der Waals surface area contributed by atoms with Gasteiger partial charge in [0.2, 0.25) is 0 Å². The van der Waals surface area contributed by atoms with Gasteiger partial charge in [0.05, 0.1) is 0 Å². The van der Waals surface area contributed by atoms with E-state index in [2.05, 4.69) is 29.7 Å². The van der Waals surface area contributed by atoms with E-state index in [1.165, 1.54) is 19.4 Å². The molecule has 0 bridgehead atoms. The van der Waals surface area contributed by atoms with Crippen molar-refractivity contribution in [3.63, 3.8) is 0 Å². The van der Waals surface area contributed by atoms with Gasteiger partial charge in [-0.25, -0.2) is 0 Å². The molecule has 1 aliphatic rings. The van der Waals surface area contributed by atoms with Crippen LogP contribution in [0.3, 0.4) is 0 Å². The third-order valence-corrected chi connectivity index (χ3v) is 1.89. The molecule has 0 amide bonds. The zero-order chi connectivity index (χ0) is 7.28. The fourth-order valence-corrected chi connectivity index (χ4v) is 1.08. The summed E-state index contributed by atoms with van der Waals surface area (Å²) in [7, 11) is 3.19. The van der Waals surface area contributed by atoms with Crippen LogP contribution in [0.25, 0.3) is 0 Å². The van der Waals surface area contributed by atoms with E-state index in [9.17, 15) is 0 Å². The minimum absolute atomic E-state index is 0. The van der Waals surface area contributed by atoms with Gasteiger partial charge in [0.15, 0.2) is 0 Å². The second-order valence-corrected chi connectivity index (χ2v) is 2.47. The van der Waals surface area contributed by atoms with Crippen molar-refractivity contribution in [2.24, 2.45) is 0 Å². The molecule has 1 saturated heterocycles. The van der Waals surface area contributed by atoms with Crippen LogP contribution in [0.4, 0.5) is 0 Å². The molecule has 1 aliphatic heterocycles. The fraction of sp³-hybridized carbons (Fsp3) is 1.00. The molecule has 0 radical (unpaired) electrons. The maximum absolute atomic E-state index is 7.00. The molecule has 0 aliphatic carbocycles. The van der Waals surface area contributed by atoms with Crippen LogP contribution in [0.15, 0.2) is 0 Å². The van der Waals surface area contributed by atoms with Crippen molar-refractivity contribution in [2.75, 3.05) is 20.7 Å². The summed E-state index contributed by atoms with van der Waals surface area (Å²) in [5.74, 6) is 0. The second-order valence-electron chi connectivity index (χ2n) is 2.47. The first-order valence-corrected chi connectivity index (χ1v) is 3.45. The first kappa shape index (κ1) is 13.6. The van der Waals surface area contributed by atoms with Gasteiger partial charge in [-0.3, -0.25) is 0 Å². The van der Waals surface area contributed by atoms with Gasteiger partial charge < -0.3 is 9.39 Å². The van der Waals surface area contributed by atoms with Crippen molar-refractivity contribution in [2.45, 2.75) is 17.6 Å². The number of hydrogen-bond acceptors (Lipinski definition) is 2. The van der Waals surface area contributed by atoms with Crippen LogP contribution in [-0.2, 0) is 0 Å². The van der Waals surface area contributed by atoms with E-state index >= 15 is 0 Å². The zero-order valence-electron chi connectivity index (χ0n) is 10.2. The molecule has 10 heavy (non-hydrogen) atoms. The molecule has 1 N–H and O–H groups in total. The van der Waals surface area contributed by atoms with Gasteiger partial charge in [-0.2, -0.15) is 0 Å². The number of aliphatic hydroxyl groups excluding tert-OH is 1. The fourth-order valence-electron chi connectivity index (χ4n) is 1.08. The average Bonchev–Trinajstić information content (AvgIpc) is 2.23. The van der Waals surface area contributed by atoms with Gasteiger partial charge in [0.1, 0.15) is 0 Å². The van der Waals surface area contributed by atoms with E-state index in [4.69, 9.17) is 5.11 Å². The predicted octanol–water partition coefficient (Wildman–Crippen LogP) is -0.228. The van der Waals surface area contributed by atoms with E-state index < -0.39 is 0 Å². The molecule has 56 valence electrons. The van der Waals surface area contributed by atoms with Crippen LogP contribution in [0.5, 0.6) is 0 Å². The van der Waals surface area contributed by atoms with Crippen LogP contribution < -0.4 is 0 Å². The Morgan fingerprint density at radius 1 is 1.60 bits per heavy atom. The third kappa shape index (κ3) is 4.80. The molecule has 4 heteroatoms. The molecular formula is C6H17AlLiNO. The third-order valence-electron chi connectivity index (χ3n) is 1.89. The Bertz CT molecular complexity index is 76.9. The van der Waals surface area contributed by atoms with E-state index in [-0.39, 0.29) is 21.6 Å². The maximum atomic E-state index is 7.00. The molecule has 0 aromatic rings. The summed E-state index contributed by atoms with van der Waals surface area (Å²) in [5, 5.41) is 7.00. The van der Waals surface area contributed by atoms with Crippen molar-refractivity contribution in [3.05, 3.63) is 0 Å². The molecule has 1 fully saturated rings. The van der Waals surface area contributed by atoms with Crippen molar-refractivity contribution >= 4 is 35.1 Å².